The van der Waals surface area contributed by atoms with Crippen LogP contribution in [0.3, 0.4) is 0 Å². The lowest BCUT2D eigenvalue weighted by atomic mass is 10.1. The minimum atomic E-state index is -1.08. The Morgan fingerprint density at radius 1 is 0.964 bits per heavy atom. The first-order valence-electron chi connectivity index (χ1n) is 9.24. The molecule has 144 valence electrons. The van der Waals surface area contributed by atoms with E-state index >= 15 is 0 Å². The van der Waals surface area contributed by atoms with Crippen LogP contribution in [-0.2, 0) is 16.0 Å². The molecular formula is C23H22NO4-. The fourth-order valence-electron chi connectivity index (χ4n) is 3.12. The van der Waals surface area contributed by atoms with Crippen LogP contribution in [0, 0.1) is 6.92 Å². The molecule has 0 atom stereocenters. The minimum absolute atomic E-state index is 0.0573. The standard InChI is InChI=1S/C23H23NO4/c1-3-28-23(27)18-8-10-19(11-9-18)24-20(13-15-22(25)26)12-14-21(24)17-6-4-16(2)5-7-17/h4-12,14H,3,13,15H2,1-2H3,(H,25,26)/p-1. The van der Waals surface area contributed by atoms with Crippen molar-refractivity contribution in [2.24, 2.45) is 0 Å². The first kappa shape index (κ1) is 19.4. The molecule has 2 aromatic carbocycles. The van der Waals surface area contributed by atoms with Gasteiger partial charge in [-0.3, -0.25) is 0 Å². The van der Waals surface area contributed by atoms with E-state index in [9.17, 15) is 14.7 Å². The van der Waals surface area contributed by atoms with E-state index < -0.39 is 5.97 Å². The average Bonchev–Trinajstić information content (AvgIpc) is 3.11. The number of benzene rings is 2. The number of ether oxygens (including phenoxy) is 1. The highest BCUT2D eigenvalue weighted by molar-refractivity contribution is 5.89. The van der Waals surface area contributed by atoms with Crippen LogP contribution in [0.2, 0.25) is 0 Å². The largest absolute Gasteiger partial charge is 0.550 e. The molecule has 0 aliphatic rings. The number of rotatable bonds is 7. The van der Waals surface area contributed by atoms with Crippen LogP contribution in [0.15, 0.2) is 60.7 Å². The molecule has 0 aliphatic carbocycles. The smallest absolute Gasteiger partial charge is 0.338 e. The van der Waals surface area contributed by atoms with Gasteiger partial charge in [0, 0.05) is 17.4 Å². The third-order valence-corrected chi connectivity index (χ3v) is 4.53. The van der Waals surface area contributed by atoms with Gasteiger partial charge in [-0.15, -0.1) is 0 Å². The molecule has 0 bridgehead atoms. The van der Waals surface area contributed by atoms with Gasteiger partial charge in [-0.1, -0.05) is 29.8 Å². The Balaban J connectivity index is 2.03. The van der Waals surface area contributed by atoms with Crippen LogP contribution in [0.4, 0.5) is 0 Å². The second-order valence-corrected chi connectivity index (χ2v) is 6.55. The maximum Gasteiger partial charge on any atom is 0.338 e. The SMILES string of the molecule is CCOC(=O)c1ccc(-n2c(CCC(=O)[O-])ccc2-c2ccc(C)cc2)cc1. The van der Waals surface area contributed by atoms with Gasteiger partial charge in [-0.05, 0) is 68.7 Å². The summed E-state index contributed by atoms with van der Waals surface area (Å²) >= 11 is 0. The second-order valence-electron chi connectivity index (χ2n) is 6.55. The fourth-order valence-corrected chi connectivity index (χ4v) is 3.12. The van der Waals surface area contributed by atoms with Crippen LogP contribution in [-0.4, -0.2) is 23.1 Å². The molecule has 3 aromatic rings. The zero-order chi connectivity index (χ0) is 20.1. The Morgan fingerprint density at radius 2 is 1.64 bits per heavy atom. The predicted molar refractivity (Wildman–Crippen MR) is 105 cm³/mol. The number of aliphatic carboxylic acids is 1. The van der Waals surface area contributed by atoms with Crippen molar-refractivity contribution in [2.45, 2.75) is 26.7 Å². The molecule has 1 aromatic heterocycles. The third-order valence-electron chi connectivity index (χ3n) is 4.53. The number of carbonyl (C=O) groups is 2. The topological polar surface area (TPSA) is 71.4 Å². The molecule has 1 heterocycles. The van der Waals surface area contributed by atoms with Crippen molar-refractivity contribution in [3.8, 4) is 16.9 Å². The lowest BCUT2D eigenvalue weighted by Crippen LogP contribution is -2.22. The van der Waals surface area contributed by atoms with Crippen LogP contribution in [0.1, 0.15) is 35.0 Å². The van der Waals surface area contributed by atoms with E-state index in [1.807, 2.05) is 60.0 Å². The molecule has 0 N–H and O–H groups in total. The first-order chi connectivity index (χ1) is 13.5. The summed E-state index contributed by atoms with van der Waals surface area (Å²) in [7, 11) is 0. The predicted octanol–water partition coefficient (Wildman–Crippen LogP) is 3.31. The number of esters is 1. The van der Waals surface area contributed by atoms with Gasteiger partial charge in [0.05, 0.1) is 17.9 Å². The van der Waals surface area contributed by atoms with Crippen LogP contribution in [0.5, 0.6) is 0 Å². The summed E-state index contributed by atoms with van der Waals surface area (Å²) in [6.07, 6.45) is 0.298. The number of aryl methyl sites for hydroxylation is 2. The second kappa shape index (κ2) is 8.57. The zero-order valence-electron chi connectivity index (χ0n) is 16.0. The van der Waals surface area contributed by atoms with E-state index in [2.05, 4.69) is 0 Å². The highest BCUT2D eigenvalue weighted by Gasteiger charge is 2.13. The van der Waals surface area contributed by atoms with Gasteiger partial charge in [0.15, 0.2) is 0 Å². The Bertz CT molecular complexity index is 969. The van der Waals surface area contributed by atoms with Crippen LogP contribution >= 0.6 is 0 Å². The average molecular weight is 376 g/mol. The highest BCUT2D eigenvalue weighted by Crippen LogP contribution is 2.28. The summed E-state index contributed by atoms with van der Waals surface area (Å²) in [5.41, 5.74) is 5.34. The van der Waals surface area contributed by atoms with Gasteiger partial charge in [-0.25, -0.2) is 4.79 Å². The number of hydrogen-bond acceptors (Lipinski definition) is 4. The van der Waals surface area contributed by atoms with Crippen molar-refractivity contribution in [1.82, 2.24) is 4.57 Å². The van der Waals surface area contributed by atoms with Gasteiger partial charge in [0.2, 0.25) is 0 Å². The molecule has 0 saturated carbocycles. The molecule has 28 heavy (non-hydrogen) atoms. The number of carboxylic acid groups (broad SMARTS) is 1. The Morgan fingerprint density at radius 3 is 2.25 bits per heavy atom. The van der Waals surface area contributed by atoms with E-state index in [1.165, 1.54) is 0 Å². The van der Waals surface area contributed by atoms with Gasteiger partial charge in [-0.2, -0.15) is 0 Å². The Labute approximate surface area is 164 Å². The molecule has 0 aliphatic heterocycles. The minimum Gasteiger partial charge on any atom is -0.550 e. The Hall–Kier alpha value is -3.34. The molecule has 0 spiro atoms. The molecule has 0 radical (unpaired) electrons. The molecular weight excluding hydrogens is 354 g/mol. The monoisotopic (exact) mass is 376 g/mol. The third kappa shape index (κ3) is 4.31. The van der Waals surface area contributed by atoms with E-state index in [4.69, 9.17) is 4.74 Å². The quantitative estimate of drug-likeness (QED) is 0.593. The Kier molecular flexibility index (Phi) is 5.94. The van der Waals surface area contributed by atoms with Crippen molar-refractivity contribution in [2.75, 3.05) is 6.61 Å². The summed E-state index contributed by atoms with van der Waals surface area (Å²) in [5, 5.41) is 10.9. The zero-order valence-corrected chi connectivity index (χ0v) is 16.0. The highest BCUT2D eigenvalue weighted by atomic mass is 16.5. The van der Waals surface area contributed by atoms with Crippen molar-refractivity contribution >= 4 is 11.9 Å². The number of carboxylic acids is 1. The van der Waals surface area contributed by atoms with Gasteiger partial charge in [0.25, 0.3) is 0 Å². The summed E-state index contributed by atoms with van der Waals surface area (Å²) in [6, 6.07) is 19.2. The molecule has 3 rings (SSSR count). The molecule has 5 nitrogen and oxygen atoms in total. The fraction of sp³-hybridized carbons (Fsp3) is 0.217. The number of hydrogen-bond donors (Lipinski definition) is 0. The summed E-state index contributed by atoms with van der Waals surface area (Å²) < 4.78 is 7.05. The summed E-state index contributed by atoms with van der Waals surface area (Å²) in [4.78, 5) is 22.9. The lowest BCUT2D eigenvalue weighted by Gasteiger charge is -2.15. The van der Waals surface area contributed by atoms with E-state index in [0.717, 1.165) is 28.2 Å². The summed E-state index contributed by atoms with van der Waals surface area (Å²) in [5.74, 6) is -1.44. The maximum atomic E-state index is 11.9. The van der Waals surface area contributed by atoms with Gasteiger partial charge in [0.1, 0.15) is 0 Å². The van der Waals surface area contributed by atoms with Crippen molar-refractivity contribution in [3.63, 3.8) is 0 Å². The van der Waals surface area contributed by atoms with Crippen molar-refractivity contribution < 1.29 is 19.4 Å². The van der Waals surface area contributed by atoms with E-state index in [1.54, 1.807) is 19.1 Å². The van der Waals surface area contributed by atoms with E-state index in [-0.39, 0.29) is 12.4 Å². The van der Waals surface area contributed by atoms with E-state index in [0.29, 0.717) is 18.6 Å². The lowest BCUT2D eigenvalue weighted by molar-refractivity contribution is -0.305. The van der Waals surface area contributed by atoms with Crippen LogP contribution in [0.25, 0.3) is 16.9 Å². The maximum absolute atomic E-state index is 11.9. The number of aromatic nitrogens is 1. The number of carbonyl (C=O) groups excluding carboxylic acids is 2. The molecule has 0 amide bonds. The first-order valence-corrected chi connectivity index (χ1v) is 9.24. The van der Waals surface area contributed by atoms with Crippen LogP contribution < -0.4 is 5.11 Å². The van der Waals surface area contributed by atoms with Crippen molar-refractivity contribution in [1.29, 1.82) is 0 Å². The molecule has 5 heteroatoms. The molecule has 0 saturated heterocycles. The molecule has 0 unspecified atom stereocenters. The normalized spacial score (nSPS) is 10.6. The van der Waals surface area contributed by atoms with Gasteiger partial charge >= 0.3 is 5.97 Å². The van der Waals surface area contributed by atoms with Gasteiger partial charge < -0.3 is 19.2 Å². The molecule has 0 fully saturated rings. The summed E-state index contributed by atoms with van der Waals surface area (Å²) in [6.45, 7) is 4.12. The van der Waals surface area contributed by atoms with Crippen molar-refractivity contribution in [3.05, 3.63) is 77.5 Å². The number of nitrogens with zero attached hydrogens (tertiary/aromatic N) is 1.